The van der Waals surface area contributed by atoms with Crippen molar-refractivity contribution in [3.05, 3.63) is 24.0 Å². The van der Waals surface area contributed by atoms with E-state index in [4.69, 9.17) is 10.5 Å². The Morgan fingerprint density at radius 1 is 1.20 bits per heavy atom. The number of ether oxygens (including phenoxy) is 1. The first-order valence-electron chi connectivity index (χ1n) is 7.66. The summed E-state index contributed by atoms with van der Waals surface area (Å²) in [5.41, 5.74) is 5.99. The fourth-order valence-corrected chi connectivity index (χ4v) is 3.60. The first-order chi connectivity index (χ1) is 9.74. The Balaban J connectivity index is 1.62. The zero-order valence-corrected chi connectivity index (χ0v) is 11.9. The second-order valence-corrected chi connectivity index (χ2v) is 6.00. The number of nitrogens with zero attached hydrogens (tertiary/aromatic N) is 1. The second-order valence-electron chi connectivity index (χ2n) is 6.00. The maximum atomic E-state index is 13.7. The Morgan fingerprint density at radius 2 is 2.05 bits per heavy atom. The third kappa shape index (κ3) is 2.90. The van der Waals surface area contributed by atoms with Crippen molar-refractivity contribution in [3.63, 3.8) is 0 Å². The Hall–Kier alpha value is -1.29. The molecular weight excluding hydrogens is 255 g/mol. The van der Waals surface area contributed by atoms with Crippen LogP contribution in [0.4, 0.5) is 10.1 Å². The van der Waals surface area contributed by atoms with Crippen molar-refractivity contribution in [2.24, 2.45) is 5.92 Å². The summed E-state index contributed by atoms with van der Waals surface area (Å²) < 4.78 is 19.4. The monoisotopic (exact) mass is 278 g/mol. The Labute approximate surface area is 119 Å². The largest absolute Gasteiger partial charge is 0.490 e. The predicted molar refractivity (Wildman–Crippen MR) is 78.2 cm³/mol. The van der Waals surface area contributed by atoms with Crippen LogP contribution in [-0.4, -0.2) is 30.6 Å². The van der Waals surface area contributed by atoms with Crippen LogP contribution in [0.3, 0.4) is 0 Å². The zero-order chi connectivity index (χ0) is 13.9. The number of rotatable bonds is 3. The minimum Gasteiger partial charge on any atom is -0.490 e. The highest BCUT2D eigenvalue weighted by atomic mass is 19.1. The maximum absolute atomic E-state index is 13.7. The van der Waals surface area contributed by atoms with Crippen LogP contribution in [0.5, 0.6) is 5.75 Å². The summed E-state index contributed by atoms with van der Waals surface area (Å²) in [6.45, 7) is 3.05. The van der Waals surface area contributed by atoms with Crippen LogP contribution in [0.15, 0.2) is 18.2 Å². The molecule has 0 spiro atoms. The van der Waals surface area contributed by atoms with Gasteiger partial charge in [0.15, 0.2) is 11.6 Å². The number of nitrogen functional groups attached to an aromatic ring is 1. The number of hydrogen-bond donors (Lipinski definition) is 1. The van der Waals surface area contributed by atoms with Gasteiger partial charge in [-0.15, -0.1) is 0 Å². The third-order valence-electron chi connectivity index (χ3n) is 4.64. The highest BCUT2D eigenvalue weighted by Crippen LogP contribution is 2.31. The van der Waals surface area contributed by atoms with Crippen LogP contribution in [0, 0.1) is 11.7 Å². The van der Waals surface area contributed by atoms with Crippen molar-refractivity contribution in [3.8, 4) is 5.75 Å². The summed E-state index contributed by atoms with van der Waals surface area (Å²) in [6.07, 6.45) is 6.31. The molecule has 20 heavy (non-hydrogen) atoms. The lowest BCUT2D eigenvalue weighted by Gasteiger charge is -2.44. The van der Waals surface area contributed by atoms with E-state index >= 15 is 0 Å². The van der Waals surface area contributed by atoms with E-state index in [9.17, 15) is 4.39 Å². The predicted octanol–water partition coefficient (Wildman–Crippen LogP) is 3.05. The van der Waals surface area contributed by atoms with Crippen LogP contribution in [0.25, 0.3) is 0 Å². The van der Waals surface area contributed by atoms with Crippen molar-refractivity contribution >= 4 is 5.69 Å². The number of hydrogen-bond acceptors (Lipinski definition) is 3. The molecule has 0 saturated carbocycles. The van der Waals surface area contributed by atoms with Gasteiger partial charge in [0, 0.05) is 23.7 Å². The van der Waals surface area contributed by atoms with E-state index in [1.54, 1.807) is 12.1 Å². The van der Waals surface area contributed by atoms with Gasteiger partial charge in [-0.05, 0) is 50.9 Å². The van der Waals surface area contributed by atoms with Crippen molar-refractivity contribution in [2.75, 3.05) is 25.4 Å². The first kappa shape index (κ1) is 13.7. The Bertz CT molecular complexity index is 464. The molecule has 0 unspecified atom stereocenters. The molecule has 2 aliphatic heterocycles. The van der Waals surface area contributed by atoms with E-state index in [1.807, 2.05) is 0 Å². The van der Waals surface area contributed by atoms with E-state index < -0.39 is 0 Å². The topological polar surface area (TPSA) is 38.5 Å². The maximum Gasteiger partial charge on any atom is 0.167 e. The average Bonchev–Trinajstić information content (AvgIpc) is 2.46. The fraction of sp³-hybridized carbons (Fsp3) is 0.625. The number of piperidine rings is 2. The third-order valence-corrected chi connectivity index (χ3v) is 4.64. The number of fused-ring (bicyclic) bond motifs is 1. The van der Waals surface area contributed by atoms with Crippen LogP contribution < -0.4 is 10.5 Å². The second kappa shape index (κ2) is 6.00. The van der Waals surface area contributed by atoms with E-state index in [0.29, 0.717) is 30.0 Å². The van der Waals surface area contributed by atoms with Gasteiger partial charge < -0.3 is 10.5 Å². The molecule has 2 N–H and O–H groups in total. The zero-order valence-electron chi connectivity index (χ0n) is 11.9. The normalized spacial score (nSPS) is 27.1. The summed E-state index contributed by atoms with van der Waals surface area (Å²) in [6, 6.07) is 5.27. The summed E-state index contributed by atoms with van der Waals surface area (Å²) >= 11 is 0. The molecule has 110 valence electrons. The lowest BCUT2D eigenvalue weighted by atomic mass is 9.84. The van der Waals surface area contributed by atoms with Gasteiger partial charge in [0.2, 0.25) is 0 Å². The van der Waals surface area contributed by atoms with Gasteiger partial charge in [0.1, 0.15) is 0 Å². The standard InChI is InChI=1S/C16H23FN2O/c17-14-10-13(18)6-7-16(14)20-11-12-4-3-9-19-8-2-1-5-15(12)19/h6-7,10,12,15H,1-5,8-9,11,18H2/t12-,15-/m1/s1. The smallest absolute Gasteiger partial charge is 0.167 e. The van der Waals surface area contributed by atoms with E-state index in [0.717, 1.165) is 0 Å². The van der Waals surface area contributed by atoms with E-state index in [2.05, 4.69) is 4.90 Å². The molecule has 4 heteroatoms. The molecule has 3 rings (SSSR count). The number of benzene rings is 1. The molecule has 0 radical (unpaired) electrons. The van der Waals surface area contributed by atoms with Crippen molar-refractivity contribution in [2.45, 2.75) is 38.1 Å². The van der Waals surface area contributed by atoms with Gasteiger partial charge in [-0.3, -0.25) is 4.90 Å². The van der Waals surface area contributed by atoms with Gasteiger partial charge in [-0.1, -0.05) is 6.42 Å². The molecule has 1 aromatic rings. The first-order valence-corrected chi connectivity index (χ1v) is 7.66. The molecule has 0 amide bonds. The van der Waals surface area contributed by atoms with Crippen LogP contribution in [0.1, 0.15) is 32.1 Å². The van der Waals surface area contributed by atoms with Crippen molar-refractivity contribution < 1.29 is 9.13 Å². The SMILES string of the molecule is Nc1ccc(OC[C@H]2CCCN3CCCC[C@H]23)c(F)c1. The molecular formula is C16H23FN2O. The fourth-order valence-electron chi connectivity index (χ4n) is 3.60. The minimum atomic E-state index is -0.360. The molecule has 2 fully saturated rings. The average molecular weight is 278 g/mol. The Morgan fingerprint density at radius 3 is 2.90 bits per heavy atom. The van der Waals surface area contributed by atoms with Gasteiger partial charge in [-0.25, -0.2) is 4.39 Å². The van der Waals surface area contributed by atoms with Crippen LogP contribution in [-0.2, 0) is 0 Å². The van der Waals surface area contributed by atoms with Crippen LogP contribution >= 0.6 is 0 Å². The molecule has 3 nitrogen and oxygen atoms in total. The van der Waals surface area contributed by atoms with Crippen LogP contribution in [0.2, 0.25) is 0 Å². The summed E-state index contributed by atoms with van der Waals surface area (Å²) in [4.78, 5) is 2.60. The lowest BCUT2D eigenvalue weighted by Crippen LogP contribution is -2.49. The van der Waals surface area contributed by atoms with E-state index in [1.165, 1.54) is 51.3 Å². The molecule has 1 aromatic carbocycles. The minimum absolute atomic E-state index is 0.326. The quantitative estimate of drug-likeness (QED) is 0.864. The highest BCUT2D eigenvalue weighted by molar-refractivity contribution is 5.42. The van der Waals surface area contributed by atoms with Gasteiger partial charge in [-0.2, -0.15) is 0 Å². The summed E-state index contributed by atoms with van der Waals surface area (Å²) in [5.74, 6) is 0.495. The number of anilines is 1. The summed E-state index contributed by atoms with van der Waals surface area (Å²) in [5, 5.41) is 0. The van der Waals surface area contributed by atoms with Gasteiger partial charge in [0.25, 0.3) is 0 Å². The molecule has 0 aliphatic carbocycles. The van der Waals surface area contributed by atoms with Crippen molar-refractivity contribution in [1.82, 2.24) is 4.90 Å². The molecule has 0 aromatic heterocycles. The number of halogens is 1. The van der Waals surface area contributed by atoms with Crippen molar-refractivity contribution in [1.29, 1.82) is 0 Å². The lowest BCUT2D eigenvalue weighted by molar-refractivity contribution is 0.0358. The molecule has 2 atom stereocenters. The van der Waals surface area contributed by atoms with Gasteiger partial charge >= 0.3 is 0 Å². The molecule has 2 aliphatic rings. The van der Waals surface area contributed by atoms with Gasteiger partial charge in [0.05, 0.1) is 6.61 Å². The number of nitrogens with two attached hydrogens (primary N) is 1. The molecule has 2 heterocycles. The molecule has 2 saturated heterocycles. The van der Waals surface area contributed by atoms with E-state index in [-0.39, 0.29) is 5.82 Å². The highest BCUT2D eigenvalue weighted by Gasteiger charge is 2.33. The Kier molecular flexibility index (Phi) is 4.10. The molecule has 0 bridgehead atoms. The summed E-state index contributed by atoms with van der Waals surface area (Å²) in [7, 11) is 0.